The van der Waals surface area contributed by atoms with E-state index in [9.17, 15) is 13.2 Å². The Morgan fingerprint density at radius 3 is 2.27 bits per heavy atom. The number of sulfonamides is 1. The van der Waals surface area contributed by atoms with Crippen molar-refractivity contribution in [2.24, 2.45) is 5.92 Å². The molecular weight excluding hydrogens is 397 g/mol. The number of hydrogen-bond donors (Lipinski definition) is 1. The van der Waals surface area contributed by atoms with Crippen LogP contribution >= 0.6 is 23.2 Å². The molecule has 0 bridgehead atoms. The molecule has 26 heavy (non-hydrogen) atoms. The van der Waals surface area contributed by atoms with Crippen LogP contribution in [0.2, 0.25) is 10.0 Å². The van der Waals surface area contributed by atoms with E-state index in [0.29, 0.717) is 43.7 Å². The zero-order valence-electron chi connectivity index (χ0n) is 15.2. The number of piperazine rings is 1. The molecule has 1 amide bonds. The Morgan fingerprint density at radius 2 is 1.73 bits per heavy atom. The van der Waals surface area contributed by atoms with Gasteiger partial charge in [0.05, 0.1) is 21.0 Å². The first-order valence-corrected chi connectivity index (χ1v) is 10.8. The lowest BCUT2D eigenvalue weighted by molar-refractivity contribution is -0.126. The van der Waals surface area contributed by atoms with Gasteiger partial charge < -0.3 is 5.32 Å². The summed E-state index contributed by atoms with van der Waals surface area (Å²) in [5.41, 5.74) is 0. The smallest absolute Gasteiger partial charge is 0.243 e. The van der Waals surface area contributed by atoms with Crippen LogP contribution in [0.15, 0.2) is 23.1 Å². The monoisotopic (exact) mass is 421 g/mol. The van der Waals surface area contributed by atoms with Gasteiger partial charge in [-0.1, -0.05) is 37.0 Å². The van der Waals surface area contributed by atoms with E-state index >= 15 is 0 Å². The fourth-order valence-electron chi connectivity index (χ4n) is 2.74. The van der Waals surface area contributed by atoms with Gasteiger partial charge in [0.25, 0.3) is 0 Å². The lowest BCUT2D eigenvalue weighted by Crippen LogP contribution is -2.55. The summed E-state index contributed by atoms with van der Waals surface area (Å²) < 4.78 is 26.9. The second kappa shape index (κ2) is 8.89. The fourth-order valence-corrected chi connectivity index (χ4v) is 4.55. The molecule has 1 aromatic carbocycles. The molecule has 0 radical (unpaired) electrons. The second-order valence-electron chi connectivity index (χ2n) is 6.83. The van der Waals surface area contributed by atoms with Crippen molar-refractivity contribution in [1.29, 1.82) is 0 Å². The van der Waals surface area contributed by atoms with Gasteiger partial charge in [0.15, 0.2) is 0 Å². The standard InChI is InChI=1S/C17H25Cl2N3O3S/c1-12(2)11-20-17(23)13(3)21-6-8-22(9-7-21)26(24,25)14-4-5-15(18)16(19)10-14/h4-5,10,12-13H,6-9,11H2,1-3H3,(H,20,23)/t13-/m1/s1. The number of halogens is 2. The summed E-state index contributed by atoms with van der Waals surface area (Å²) in [4.78, 5) is 14.3. The lowest BCUT2D eigenvalue weighted by atomic mass is 10.2. The third-order valence-electron chi connectivity index (χ3n) is 4.41. The molecule has 1 heterocycles. The Hall–Kier alpha value is -0.860. The van der Waals surface area contributed by atoms with Gasteiger partial charge in [-0.3, -0.25) is 9.69 Å². The lowest BCUT2D eigenvalue weighted by Gasteiger charge is -2.36. The van der Waals surface area contributed by atoms with Crippen molar-refractivity contribution in [3.05, 3.63) is 28.2 Å². The zero-order chi connectivity index (χ0) is 19.5. The molecule has 9 heteroatoms. The largest absolute Gasteiger partial charge is 0.354 e. The SMILES string of the molecule is CC(C)CNC(=O)[C@@H](C)N1CCN(S(=O)(=O)c2ccc(Cl)c(Cl)c2)CC1. The number of rotatable bonds is 6. The molecule has 2 rings (SSSR count). The van der Waals surface area contributed by atoms with Crippen LogP contribution in [0.5, 0.6) is 0 Å². The number of hydrogen-bond acceptors (Lipinski definition) is 4. The van der Waals surface area contributed by atoms with Crippen LogP contribution in [0, 0.1) is 5.92 Å². The minimum Gasteiger partial charge on any atom is -0.354 e. The van der Waals surface area contributed by atoms with Crippen molar-refractivity contribution in [3.63, 3.8) is 0 Å². The summed E-state index contributed by atoms with van der Waals surface area (Å²) in [6.45, 7) is 8.20. The van der Waals surface area contributed by atoms with Gasteiger partial charge in [-0.15, -0.1) is 0 Å². The van der Waals surface area contributed by atoms with E-state index in [4.69, 9.17) is 23.2 Å². The summed E-state index contributed by atoms with van der Waals surface area (Å²) in [5.74, 6) is 0.360. The summed E-state index contributed by atoms with van der Waals surface area (Å²) in [5, 5.41) is 3.44. The minimum absolute atomic E-state index is 0.0282. The summed E-state index contributed by atoms with van der Waals surface area (Å²) >= 11 is 11.8. The van der Waals surface area contributed by atoms with Crippen LogP contribution in [0.1, 0.15) is 20.8 Å². The van der Waals surface area contributed by atoms with Crippen LogP contribution in [0.25, 0.3) is 0 Å². The van der Waals surface area contributed by atoms with Gasteiger partial charge in [-0.05, 0) is 31.0 Å². The van der Waals surface area contributed by atoms with E-state index in [1.165, 1.54) is 22.5 Å². The molecule has 1 aliphatic rings. The van der Waals surface area contributed by atoms with E-state index in [2.05, 4.69) is 5.32 Å². The van der Waals surface area contributed by atoms with Gasteiger partial charge in [0.1, 0.15) is 0 Å². The summed E-state index contributed by atoms with van der Waals surface area (Å²) in [6.07, 6.45) is 0. The molecule has 0 spiro atoms. The van der Waals surface area contributed by atoms with Crippen LogP contribution in [-0.4, -0.2) is 62.3 Å². The van der Waals surface area contributed by atoms with Gasteiger partial charge in [0.2, 0.25) is 15.9 Å². The third-order valence-corrected chi connectivity index (χ3v) is 7.05. The van der Waals surface area contributed by atoms with Gasteiger partial charge in [0, 0.05) is 32.7 Å². The van der Waals surface area contributed by atoms with E-state index in [1.54, 1.807) is 0 Å². The number of nitrogens with zero attached hydrogens (tertiary/aromatic N) is 2. The molecule has 146 valence electrons. The molecule has 1 aliphatic heterocycles. The highest BCUT2D eigenvalue weighted by Gasteiger charge is 2.32. The molecule has 6 nitrogen and oxygen atoms in total. The fraction of sp³-hybridized carbons (Fsp3) is 0.588. The molecule has 0 aromatic heterocycles. The number of amides is 1. The molecule has 0 unspecified atom stereocenters. The first kappa shape index (κ1) is 21.4. The number of nitrogens with one attached hydrogen (secondary N) is 1. The molecule has 0 saturated carbocycles. The zero-order valence-corrected chi connectivity index (χ0v) is 17.5. The first-order chi connectivity index (χ1) is 12.1. The predicted octanol–water partition coefficient (Wildman–Crippen LogP) is 2.46. The summed E-state index contributed by atoms with van der Waals surface area (Å²) in [6, 6.07) is 4.02. The molecule has 1 saturated heterocycles. The van der Waals surface area contributed by atoms with E-state index in [1.807, 2.05) is 25.7 Å². The summed E-state index contributed by atoms with van der Waals surface area (Å²) in [7, 11) is -3.63. The van der Waals surface area contributed by atoms with Crippen molar-refractivity contribution >= 4 is 39.1 Å². The second-order valence-corrected chi connectivity index (χ2v) is 9.58. The number of carbonyl (C=O) groups excluding carboxylic acids is 1. The van der Waals surface area contributed by atoms with Crippen LogP contribution < -0.4 is 5.32 Å². The first-order valence-electron chi connectivity index (χ1n) is 8.60. The Labute approximate surface area is 165 Å². The maximum atomic E-state index is 12.8. The molecule has 1 atom stereocenters. The Kier molecular flexibility index (Phi) is 7.33. The normalized spacial score (nSPS) is 18.1. The third kappa shape index (κ3) is 5.10. The molecule has 0 aliphatic carbocycles. The minimum atomic E-state index is -3.63. The highest BCUT2D eigenvalue weighted by Crippen LogP contribution is 2.27. The van der Waals surface area contributed by atoms with Gasteiger partial charge in [-0.2, -0.15) is 4.31 Å². The van der Waals surface area contributed by atoms with Crippen molar-refractivity contribution in [2.45, 2.75) is 31.7 Å². The van der Waals surface area contributed by atoms with E-state index in [-0.39, 0.29) is 21.9 Å². The Balaban J connectivity index is 1.98. The highest BCUT2D eigenvalue weighted by atomic mass is 35.5. The van der Waals surface area contributed by atoms with E-state index < -0.39 is 10.0 Å². The van der Waals surface area contributed by atoms with Crippen LogP contribution in [-0.2, 0) is 14.8 Å². The van der Waals surface area contributed by atoms with Crippen molar-refractivity contribution in [1.82, 2.24) is 14.5 Å². The van der Waals surface area contributed by atoms with Crippen molar-refractivity contribution in [3.8, 4) is 0 Å². The number of benzene rings is 1. The van der Waals surface area contributed by atoms with Crippen LogP contribution in [0.3, 0.4) is 0 Å². The van der Waals surface area contributed by atoms with Crippen molar-refractivity contribution < 1.29 is 13.2 Å². The van der Waals surface area contributed by atoms with Crippen molar-refractivity contribution in [2.75, 3.05) is 32.7 Å². The van der Waals surface area contributed by atoms with Gasteiger partial charge >= 0.3 is 0 Å². The number of carbonyl (C=O) groups is 1. The Morgan fingerprint density at radius 1 is 1.12 bits per heavy atom. The van der Waals surface area contributed by atoms with E-state index in [0.717, 1.165) is 0 Å². The maximum Gasteiger partial charge on any atom is 0.243 e. The molecule has 1 N–H and O–H groups in total. The van der Waals surface area contributed by atoms with Crippen LogP contribution in [0.4, 0.5) is 0 Å². The highest BCUT2D eigenvalue weighted by molar-refractivity contribution is 7.89. The Bertz CT molecular complexity index is 748. The average Bonchev–Trinajstić information content (AvgIpc) is 2.61. The quantitative estimate of drug-likeness (QED) is 0.765. The topological polar surface area (TPSA) is 69.7 Å². The van der Waals surface area contributed by atoms with Gasteiger partial charge in [-0.25, -0.2) is 8.42 Å². The average molecular weight is 422 g/mol. The molecular formula is C17H25Cl2N3O3S. The molecule has 1 fully saturated rings. The maximum absolute atomic E-state index is 12.8. The predicted molar refractivity (Wildman–Crippen MR) is 104 cm³/mol. The molecule has 1 aromatic rings.